The summed E-state index contributed by atoms with van der Waals surface area (Å²) in [6.07, 6.45) is 1.28. The predicted molar refractivity (Wildman–Crippen MR) is 110 cm³/mol. The second-order valence-corrected chi connectivity index (χ2v) is 9.42. The van der Waals surface area contributed by atoms with Crippen molar-refractivity contribution >= 4 is 44.4 Å². The van der Waals surface area contributed by atoms with Crippen molar-refractivity contribution in [1.29, 1.82) is 0 Å². The molecule has 0 radical (unpaired) electrons. The van der Waals surface area contributed by atoms with E-state index in [4.69, 9.17) is 0 Å². The molecule has 0 aliphatic carbocycles. The van der Waals surface area contributed by atoms with Crippen LogP contribution in [0.5, 0.6) is 0 Å². The third-order valence-electron chi connectivity index (χ3n) is 4.81. The monoisotopic (exact) mass is 416 g/mol. The normalized spacial score (nSPS) is 14.8. The van der Waals surface area contributed by atoms with Crippen molar-refractivity contribution in [2.45, 2.75) is 26.3 Å². The number of hydrogen-bond acceptors (Lipinski definition) is 6. The topological polar surface area (TPSA) is 92.3 Å². The Labute approximate surface area is 167 Å². The molecule has 2 aromatic carbocycles. The number of carbonyl (C=O) groups is 1. The fourth-order valence-electron chi connectivity index (χ4n) is 3.36. The minimum absolute atomic E-state index is 0.159. The fraction of sp³-hybridized carbons (Fsp3) is 0.316. The molecule has 146 valence electrons. The summed E-state index contributed by atoms with van der Waals surface area (Å²) in [5.74, 6) is -0.0756. The predicted octanol–water partition coefficient (Wildman–Crippen LogP) is 3.04. The number of nitrogens with one attached hydrogen (secondary N) is 1. The Hall–Kier alpha value is -2.36. The average molecular weight is 417 g/mol. The first-order valence-corrected chi connectivity index (χ1v) is 11.4. The summed E-state index contributed by atoms with van der Waals surface area (Å²) >= 11 is 1.11. The number of hydrogen-bond donors (Lipinski definition) is 1. The van der Waals surface area contributed by atoms with Gasteiger partial charge in [-0.15, -0.1) is 0 Å². The molecule has 0 spiro atoms. The zero-order valence-electron chi connectivity index (χ0n) is 15.4. The van der Waals surface area contributed by atoms with Gasteiger partial charge in [-0.2, -0.15) is 13.1 Å². The van der Waals surface area contributed by atoms with Gasteiger partial charge >= 0.3 is 0 Å². The van der Waals surface area contributed by atoms with Crippen molar-refractivity contribution in [3.63, 3.8) is 0 Å². The van der Waals surface area contributed by atoms with Crippen molar-refractivity contribution in [2.24, 2.45) is 0 Å². The van der Waals surface area contributed by atoms with Crippen molar-refractivity contribution in [1.82, 2.24) is 13.1 Å². The quantitative estimate of drug-likeness (QED) is 0.690. The van der Waals surface area contributed by atoms with Gasteiger partial charge < -0.3 is 5.32 Å². The van der Waals surface area contributed by atoms with Gasteiger partial charge in [0, 0.05) is 24.3 Å². The fourth-order valence-corrected chi connectivity index (χ4v) is 5.36. The van der Waals surface area contributed by atoms with Gasteiger partial charge in [-0.05, 0) is 54.3 Å². The highest BCUT2D eigenvalue weighted by molar-refractivity contribution is 7.89. The number of rotatable bonds is 5. The molecule has 0 saturated carbocycles. The van der Waals surface area contributed by atoms with Crippen molar-refractivity contribution < 1.29 is 13.2 Å². The minimum atomic E-state index is -3.24. The zero-order chi connectivity index (χ0) is 19.7. The highest BCUT2D eigenvalue weighted by Gasteiger charge is 2.26. The lowest BCUT2D eigenvalue weighted by molar-refractivity contribution is 0.102. The Morgan fingerprint density at radius 3 is 2.79 bits per heavy atom. The lowest BCUT2D eigenvalue weighted by atomic mass is 10.0. The van der Waals surface area contributed by atoms with E-state index in [9.17, 15) is 13.2 Å². The third-order valence-corrected chi connectivity index (χ3v) is 7.39. The van der Waals surface area contributed by atoms with E-state index in [1.165, 1.54) is 4.31 Å². The van der Waals surface area contributed by atoms with Crippen LogP contribution in [0.25, 0.3) is 11.0 Å². The highest BCUT2D eigenvalue weighted by Crippen LogP contribution is 2.25. The molecule has 1 amide bonds. The van der Waals surface area contributed by atoms with Gasteiger partial charge in [0.1, 0.15) is 11.0 Å². The minimum Gasteiger partial charge on any atom is -0.322 e. The van der Waals surface area contributed by atoms with Gasteiger partial charge in [-0.1, -0.05) is 13.0 Å². The van der Waals surface area contributed by atoms with Crippen molar-refractivity contribution in [3.8, 4) is 0 Å². The zero-order valence-corrected chi connectivity index (χ0v) is 17.0. The van der Waals surface area contributed by atoms with Crippen LogP contribution in [0.4, 0.5) is 5.69 Å². The van der Waals surface area contributed by atoms with Gasteiger partial charge in [-0.3, -0.25) is 4.79 Å². The van der Waals surface area contributed by atoms with E-state index in [0.29, 0.717) is 42.7 Å². The average Bonchev–Trinajstić information content (AvgIpc) is 3.15. The second kappa shape index (κ2) is 7.57. The Morgan fingerprint density at radius 2 is 1.96 bits per heavy atom. The molecule has 0 atom stereocenters. The number of sulfonamides is 1. The van der Waals surface area contributed by atoms with Gasteiger partial charge in [0.15, 0.2) is 0 Å². The van der Waals surface area contributed by atoms with Gasteiger partial charge in [0.25, 0.3) is 5.91 Å². The lowest BCUT2D eigenvalue weighted by Crippen LogP contribution is -2.37. The van der Waals surface area contributed by atoms with E-state index in [1.807, 2.05) is 25.1 Å². The smallest absolute Gasteiger partial charge is 0.255 e. The summed E-state index contributed by atoms with van der Waals surface area (Å²) in [7, 11) is -3.24. The van der Waals surface area contributed by atoms with Crippen molar-refractivity contribution in [3.05, 3.63) is 53.1 Å². The summed E-state index contributed by atoms with van der Waals surface area (Å²) < 4.78 is 34.6. The third kappa shape index (κ3) is 3.78. The van der Waals surface area contributed by atoms with Crippen LogP contribution in [-0.2, 0) is 23.0 Å². The Balaban J connectivity index is 1.53. The highest BCUT2D eigenvalue weighted by atomic mass is 32.2. The van der Waals surface area contributed by atoms with E-state index in [0.717, 1.165) is 28.4 Å². The molecule has 28 heavy (non-hydrogen) atoms. The number of nitrogens with zero attached hydrogens (tertiary/aromatic N) is 3. The lowest BCUT2D eigenvalue weighted by Gasteiger charge is -2.28. The maximum atomic E-state index is 12.6. The molecule has 3 aromatic rings. The number of benzene rings is 2. The molecule has 1 aliphatic heterocycles. The van der Waals surface area contributed by atoms with E-state index in [-0.39, 0.29) is 11.7 Å². The maximum absolute atomic E-state index is 12.6. The Bertz CT molecular complexity index is 1140. The molecular formula is C19H20N4O3S2. The first kappa shape index (κ1) is 19.0. The van der Waals surface area contributed by atoms with Crippen LogP contribution in [0.3, 0.4) is 0 Å². The van der Waals surface area contributed by atoms with Crippen LogP contribution in [0.1, 0.15) is 34.8 Å². The molecule has 4 rings (SSSR count). The Kier molecular flexibility index (Phi) is 5.13. The summed E-state index contributed by atoms with van der Waals surface area (Å²) in [5, 5.41) is 2.89. The number of amides is 1. The van der Waals surface area contributed by atoms with Gasteiger partial charge in [-0.25, -0.2) is 8.42 Å². The molecule has 0 bridgehead atoms. The van der Waals surface area contributed by atoms with Gasteiger partial charge in [0.05, 0.1) is 17.5 Å². The molecule has 7 nitrogen and oxygen atoms in total. The largest absolute Gasteiger partial charge is 0.322 e. The first-order chi connectivity index (χ1) is 13.5. The molecule has 0 unspecified atom stereocenters. The standard InChI is InChI=1S/C19H20N4O3S2/c1-2-9-28(25,26)23-8-7-13-3-5-16(10-15(13)12-23)20-19(24)14-4-6-17-18(11-14)22-27-21-17/h3-6,10-11H,2,7-9,12H2,1H3,(H,20,24). The van der Waals surface area contributed by atoms with Crippen LogP contribution in [0.2, 0.25) is 0 Å². The molecule has 0 fully saturated rings. The van der Waals surface area contributed by atoms with E-state index in [2.05, 4.69) is 14.1 Å². The summed E-state index contributed by atoms with van der Waals surface area (Å²) in [4.78, 5) is 12.6. The summed E-state index contributed by atoms with van der Waals surface area (Å²) in [5.41, 5.74) is 4.67. The van der Waals surface area contributed by atoms with Crippen LogP contribution < -0.4 is 5.32 Å². The molecule has 1 aromatic heterocycles. The van der Waals surface area contributed by atoms with E-state index < -0.39 is 10.0 Å². The molecular weight excluding hydrogens is 396 g/mol. The van der Waals surface area contributed by atoms with E-state index >= 15 is 0 Å². The van der Waals surface area contributed by atoms with Gasteiger partial charge in [0.2, 0.25) is 10.0 Å². The summed E-state index contributed by atoms with van der Waals surface area (Å²) in [6, 6.07) is 10.9. The van der Waals surface area contributed by atoms with Crippen molar-refractivity contribution in [2.75, 3.05) is 17.6 Å². The molecule has 1 aliphatic rings. The van der Waals surface area contributed by atoms with Crippen LogP contribution >= 0.6 is 11.7 Å². The maximum Gasteiger partial charge on any atom is 0.255 e. The number of aromatic nitrogens is 2. The van der Waals surface area contributed by atoms with Crippen LogP contribution in [-0.4, -0.2) is 39.7 Å². The molecule has 1 N–H and O–H groups in total. The SMILES string of the molecule is CCCS(=O)(=O)N1CCc2ccc(NC(=O)c3ccc4nsnc4c3)cc2C1. The van der Waals surface area contributed by atoms with E-state index in [1.54, 1.807) is 18.2 Å². The van der Waals surface area contributed by atoms with Crippen LogP contribution in [0.15, 0.2) is 36.4 Å². The Morgan fingerprint density at radius 1 is 1.14 bits per heavy atom. The van der Waals surface area contributed by atoms with Crippen LogP contribution in [0, 0.1) is 0 Å². The second-order valence-electron chi connectivity index (χ2n) is 6.80. The molecule has 2 heterocycles. The number of anilines is 1. The number of carbonyl (C=O) groups excluding carboxylic acids is 1. The summed E-state index contributed by atoms with van der Waals surface area (Å²) in [6.45, 7) is 2.71. The molecule has 0 saturated heterocycles. The number of fused-ring (bicyclic) bond motifs is 2. The first-order valence-electron chi connectivity index (χ1n) is 9.09. The molecule has 9 heteroatoms.